The Kier molecular flexibility index (Phi) is 13.8. The second-order valence-electron chi connectivity index (χ2n) is 9.21. The summed E-state index contributed by atoms with van der Waals surface area (Å²) in [6.07, 6.45) is 8.51. The van der Waals surface area contributed by atoms with Gasteiger partial charge in [0.2, 0.25) is 0 Å². The Morgan fingerprint density at radius 2 is 0.674 bits per heavy atom. The monoisotopic (exact) mass is 632 g/mol. The number of benzene rings is 2. The fraction of sp³-hybridized carbons (Fsp3) is 0.118. The molecule has 0 amide bonds. The normalized spacial score (nSPS) is 11.0. The van der Waals surface area contributed by atoms with Crippen LogP contribution in [0.15, 0.2) is 123 Å². The average molecular weight is 633 g/mol. The molecule has 0 saturated heterocycles. The van der Waals surface area contributed by atoms with Crippen LogP contribution in [0.2, 0.25) is 0 Å². The lowest BCUT2D eigenvalue weighted by atomic mass is 10.1. The average Bonchev–Trinajstić information content (AvgIpc) is 3.01. The van der Waals surface area contributed by atoms with Crippen LogP contribution in [0.1, 0.15) is 27.7 Å². The van der Waals surface area contributed by atoms with E-state index in [0.717, 1.165) is 50.1 Å². The zero-order valence-corrected chi connectivity index (χ0v) is 25.7. The molecule has 2 aromatic rings. The standard InChI is InChI=1S/C34H32O12/c1-21(2)31(35)43-15-11-39-27-9-10-28(40-12-16-44-32(36)22(3)4)26-20-30(42-14-18-46-34(38)24(7)8)29(19-25(26)27)41-13-17-45-33(37)23(5)6/h9-20H,1,3,5,7H2,2,4,6,8H3/b15-11-,16-12-,17-13-,18-14-. The van der Waals surface area contributed by atoms with E-state index < -0.39 is 23.9 Å². The second-order valence-corrected chi connectivity index (χ2v) is 9.21. The Balaban J connectivity index is 2.57. The number of hydrogen-bond acceptors (Lipinski definition) is 12. The van der Waals surface area contributed by atoms with E-state index in [9.17, 15) is 19.2 Å². The van der Waals surface area contributed by atoms with Crippen molar-refractivity contribution >= 4 is 34.6 Å². The molecule has 0 aliphatic carbocycles. The van der Waals surface area contributed by atoms with E-state index in [2.05, 4.69) is 26.3 Å². The molecule has 0 atom stereocenters. The van der Waals surface area contributed by atoms with Crippen molar-refractivity contribution in [1.29, 1.82) is 0 Å². The Morgan fingerprint density at radius 3 is 0.913 bits per heavy atom. The highest BCUT2D eigenvalue weighted by Crippen LogP contribution is 2.41. The van der Waals surface area contributed by atoms with Gasteiger partial charge in [0.1, 0.15) is 61.6 Å². The van der Waals surface area contributed by atoms with Gasteiger partial charge in [-0.2, -0.15) is 0 Å². The topological polar surface area (TPSA) is 142 Å². The van der Waals surface area contributed by atoms with Crippen LogP contribution in [0.4, 0.5) is 0 Å². The van der Waals surface area contributed by atoms with Gasteiger partial charge in [0.15, 0.2) is 11.5 Å². The predicted octanol–water partition coefficient (Wildman–Crippen LogP) is 6.72. The molecule has 0 bridgehead atoms. The van der Waals surface area contributed by atoms with Crippen LogP contribution in [0.5, 0.6) is 23.0 Å². The maximum atomic E-state index is 11.7. The first-order valence-electron chi connectivity index (χ1n) is 13.1. The lowest BCUT2D eigenvalue weighted by molar-refractivity contribution is -0.134. The maximum Gasteiger partial charge on any atom is 0.338 e. The van der Waals surface area contributed by atoms with Crippen LogP contribution >= 0.6 is 0 Å². The first-order valence-corrected chi connectivity index (χ1v) is 13.1. The van der Waals surface area contributed by atoms with Crippen molar-refractivity contribution in [3.63, 3.8) is 0 Å². The molecular formula is C34H32O12. The molecule has 0 aromatic heterocycles. The quantitative estimate of drug-likeness (QED) is 0.0839. The first kappa shape index (κ1) is 35.9. The lowest BCUT2D eigenvalue weighted by Gasteiger charge is -2.14. The van der Waals surface area contributed by atoms with Crippen LogP contribution in [-0.4, -0.2) is 23.9 Å². The molecule has 0 unspecified atom stereocenters. The minimum absolute atomic E-state index is 0.0802. The van der Waals surface area contributed by atoms with Crippen molar-refractivity contribution in [2.24, 2.45) is 0 Å². The number of ether oxygens (including phenoxy) is 8. The first-order chi connectivity index (χ1) is 21.8. The summed E-state index contributed by atoms with van der Waals surface area (Å²) in [5.74, 6) is -1.97. The molecule has 0 spiro atoms. The molecule has 12 heteroatoms. The third kappa shape index (κ3) is 11.4. The summed E-state index contributed by atoms with van der Waals surface area (Å²) in [5.41, 5.74) is 0.735. The fourth-order valence-electron chi connectivity index (χ4n) is 2.85. The Morgan fingerprint density at radius 1 is 0.435 bits per heavy atom. The highest BCUT2D eigenvalue weighted by Gasteiger charge is 2.15. The smallest absolute Gasteiger partial charge is 0.338 e. The van der Waals surface area contributed by atoms with Crippen LogP contribution in [0.3, 0.4) is 0 Å². The highest BCUT2D eigenvalue weighted by molar-refractivity contribution is 5.96. The molecule has 46 heavy (non-hydrogen) atoms. The van der Waals surface area contributed by atoms with Crippen molar-refractivity contribution in [3.8, 4) is 23.0 Å². The third-order valence-electron chi connectivity index (χ3n) is 5.10. The van der Waals surface area contributed by atoms with Gasteiger partial charge < -0.3 is 37.9 Å². The minimum atomic E-state index is -0.671. The zero-order valence-electron chi connectivity index (χ0n) is 25.7. The summed E-state index contributed by atoms with van der Waals surface area (Å²) in [6.45, 7) is 20.0. The molecule has 0 aliphatic rings. The summed E-state index contributed by atoms with van der Waals surface area (Å²) >= 11 is 0. The van der Waals surface area contributed by atoms with E-state index in [1.165, 1.54) is 39.8 Å². The Labute approximate surface area is 265 Å². The molecule has 0 aliphatic heterocycles. The Bertz CT molecular complexity index is 1550. The molecule has 2 aromatic carbocycles. The predicted molar refractivity (Wildman–Crippen MR) is 167 cm³/mol. The van der Waals surface area contributed by atoms with Crippen LogP contribution in [0.25, 0.3) is 10.8 Å². The van der Waals surface area contributed by atoms with Gasteiger partial charge in [-0.3, -0.25) is 0 Å². The van der Waals surface area contributed by atoms with Gasteiger partial charge in [0.05, 0.1) is 0 Å². The summed E-state index contributed by atoms with van der Waals surface area (Å²) in [6, 6.07) is 6.10. The summed E-state index contributed by atoms with van der Waals surface area (Å²) in [5, 5.41) is 0.793. The van der Waals surface area contributed by atoms with E-state index in [1.807, 2.05) is 0 Å². The number of carbonyl (C=O) groups is 4. The summed E-state index contributed by atoms with van der Waals surface area (Å²) in [7, 11) is 0. The largest absolute Gasteiger partial charge is 0.461 e. The number of carbonyl (C=O) groups excluding carboxylic acids is 4. The molecule has 12 nitrogen and oxygen atoms in total. The minimum Gasteiger partial charge on any atom is -0.461 e. The van der Waals surface area contributed by atoms with Crippen molar-refractivity contribution < 1.29 is 57.1 Å². The number of esters is 4. The molecule has 0 N–H and O–H groups in total. The van der Waals surface area contributed by atoms with Gasteiger partial charge in [-0.15, -0.1) is 0 Å². The second kappa shape index (κ2) is 17.7. The lowest BCUT2D eigenvalue weighted by Crippen LogP contribution is -2.00. The van der Waals surface area contributed by atoms with E-state index in [4.69, 9.17) is 37.9 Å². The number of rotatable bonds is 16. The fourth-order valence-corrected chi connectivity index (χ4v) is 2.85. The van der Waals surface area contributed by atoms with Crippen LogP contribution in [-0.2, 0) is 38.1 Å². The third-order valence-corrected chi connectivity index (χ3v) is 5.10. The van der Waals surface area contributed by atoms with Gasteiger partial charge >= 0.3 is 23.9 Å². The maximum absolute atomic E-state index is 11.7. The van der Waals surface area contributed by atoms with Crippen molar-refractivity contribution in [1.82, 2.24) is 0 Å². The summed E-state index contributed by atoms with van der Waals surface area (Å²) in [4.78, 5) is 46.8. The molecule has 2 rings (SSSR count). The highest BCUT2D eigenvalue weighted by atomic mass is 16.6. The molecule has 0 saturated carbocycles. The van der Waals surface area contributed by atoms with E-state index in [-0.39, 0.29) is 45.3 Å². The van der Waals surface area contributed by atoms with Gasteiger partial charge in [0.25, 0.3) is 0 Å². The number of fused-ring (bicyclic) bond motifs is 1. The van der Waals surface area contributed by atoms with Crippen molar-refractivity contribution in [2.45, 2.75) is 27.7 Å². The van der Waals surface area contributed by atoms with Crippen molar-refractivity contribution in [2.75, 3.05) is 0 Å². The van der Waals surface area contributed by atoms with Crippen LogP contribution in [0, 0.1) is 0 Å². The van der Waals surface area contributed by atoms with Gasteiger partial charge in [-0.05, 0) is 52.0 Å². The van der Waals surface area contributed by atoms with Crippen molar-refractivity contribution in [3.05, 3.63) is 123 Å². The Hall–Kier alpha value is -6.30. The van der Waals surface area contributed by atoms with E-state index in [1.54, 1.807) is 12.1 Å². The van der Waals surface area contributed by atoms with E-state index >= 15 is 0 Å². The molecule has 0 heterocycles. The van der Waals surface area contributed by atoms with E-state index in [0.29, 0.717) is 10.8 Å². The SMILES string of the molecule is C=C(C)C(=O)O/C=C\Oc1cc2c(O/C=C\OC(=O)C(=C)C)ccc(O/C=C\OC(=O)C(=C)C)c2cc1O/C=C\OC(=O)C(=C)C. The molecular weight excluding hydrogens is 600 g/mol. The zero-order chi connectivity index (χ0) is 34.2. The molecule has 0 fully saturated rings. The molecule has 240 valence electrons. The van der Waals surface area contributed by atoms with Gasteiger partial charge in [-0.25, -0.2) is 19.2 Å². The van der Waals surface area contributed by atoms with Gasteiger partial charge in [0, 0.05) is 33.1 Å². The van der Waals surface area contributed by atoms with Gasteiger partial charge in [-0.1, -0.05) is 26.3 Å². The number of hydrogen-bond donors (Lipinski definition) is 0. The summed E-state index contributed by atoms with van der Waals surface area (Å²) < 4.78 is 42.4. The van der Waals surface area contributed by atoms with Crippen LogP contribution < -0.4 is 18.9 Å². The molecule has 0 radical (unpaired) electrons.